The first-order valence-electron chi connectivity index (χ1n) is 8.95. The number of para-hydroxylation sites is 1. The molecule has 0 fully saturated rings. The van der Waals surface area contributed by atoms with E-state index in [1.54, 1.807) is 45.0 Å². The number of benzene rings is 1. The fourth-order valence-electron chi connectivity index (χ4n) is 3.07. The van der Waals surface area contributed by atoms with Gasteiger partial charge in [0.1, 0.15) is 12.1 Å². The van der Waals surface area contributed by atoms with Crippen LogP contribution in [0.15, 0.2) is 33.9 Å². The van der Waals surface area contributed by atoms with Crippen LogP contribution >= 0.6 is 0 Å². The highest BCUT2D eigenvalue weighted by Crippen LogP contribution is 2.17. The lowest BCUT2D eigenvalue weighted by molar-refractivity contribution is -0.144. The van der Waals surface area contributed by atoms with E-state index in [0.29, 0.717) is 11.9 Å². The summed E-state index contributed by atoms with van der Waals surface area (Å²) in [5, 5.41) is 12.2. The van der Waals surface area contributed by atoms with Crippen LogP contribution in [0.1, 0.15) is 40.2 Å². The Morgan fingerprint density at radius 3 is 2.37 bits per heavy atom. The largest absolute Gasteiger partial charge is 0.480 e. The first kappa shape index (κ1) is 20.4. The number of nitrogens with zero attached hydrogens (tertiary/aromatic N) is 1. The van der Waals surface area contributed by atoms with Gasteiger partial charge in [0.05, 0.1) is 10.9 Å². The number of aromatic nitrogens is 2. The van der Waals surface area contributed by atoms with E-state index in [4.69, 9.17) is 0 Å². The van der Waals surface area contributed by atoms with Gasteiger partial charge in [0.25, 0.3) is 5.56 Å². The monoisotopic (exact) mass is 375 g/mol. The Morgan fingerprint density at radius 2 is 1.81 bits per heavy atom. The second-order valence-electron chi connectivity index (χ2n) is 7.05. The molecule has 3 atom stereocenters. The highest BCUT2D eigenvalue weighted by molar-refractivity contribution is 5.86. The van der Waals surface area contributed by atoms with Crippen LogP contribution in [0.4, 0.5) is 0 Å². The molecule has 0 saturated heterocycles. The van der Waals surface area contributed by atoms with Gasteiger partial charge in [0.2, 0.25) is 5.91 Å². The molecular formula is C19H25N3O5. The van der Waals surface area contributed by atoms with Crippen molar-refractivity contribution >= 4 is 22.8 Å². The zero-order valence-corrected chi connectivity index (χ0v) is 15.9. The topological polar surface area (TPSA) is 121 Å². The Kier molecular flexibility index (Phi) is 6.20. The Bertz CT molecular complexity index is 960. The summed E-state index contributed by atoms with van der Waals surface area (Å²) in [6, 6.07) is 4.31. The number of H-pyrrole nitrogens is 1. The SMILES string of the molecule is CC[C@@H](C)[C@H](NC(=O)[C@H](C(C)C)n1c(=O)[nH]c2ccccc2c1=O)C(=O)O. The van der Waals surface area contributed by atoms with Gasteiger partial charge >= 0.3 is 11.7 Å². The normalized spacial score (nSPS) is 14.7. The molecule has 0 radical (unpaired) electrons. The maximum atomic E-state index is 12.9. The highest BCUT2D eigenvalue weighted by atomic mass is 16.4. The maximum absolute atomic E-state index is 12.9. The van der Waals surface area contributed by atoms with E-state index in [2.05, 4.69) is 10.3 Å². The van der Waals surface area contributed by atoms with Gasteiger partial charge in [-0.3, -0.25) is 9.59 Å². The van der Waals surface area contributed by atoms with Crippen LogP contribution in [0, 0.1) is 11.8 Å². The molecule has 2 aromatic rings. The number of aromatic amines is 1. The number of hydrogen-bond acceptors (Lipinski definition) is 4. The second kappa shape index (κ2) is 8.20. The number of amides is 1. The van der Waals surface area contributed by atoms with E-state index in [-0.39, 0.29) is 11.3 Å². The third-order valence-corrected chi connectivity index (χ3v) is 4.79. The number of carbonyl (C=O) groups is 2. The van der Waals surface area contributed by atoms with E-state index in [0.717, 1.165) is 4.57 Å². The van der Waals surface area contributed by atoms with Crippen molar-refractivity contribution in [3.8, 4) is 0 Å². The van der Waals surface area contributed by atoms with Crippen LogP contribution in [0.2, 0.25) is 0 Å². The average Bonchev–Trinajstić information content (AvgIpc) is 2.61. The number of fused-ring (bicyclic) bond motifs is 1. The molecule has 0 saturated carbocycles. The number of rotatable bonds is 7. The Labute approximate surface area is 156 Å². The third kappa shape index (κ3) is 4.10. The number of carboxylic acid groups (broad SMARTS) is 1. The minimum absolute atomic E-state index is 0.285. The molecule has 0 spiro atoms. The summed E-state index contributed by atoms with van der Waals surface area (Å²) in [4.78, 5) is 52.4. The van der Waals surface area contributed by atoms with Crippen LogP contribution in [0.25, 0.3) is 10.9 Å². The maximum Gasteiger partial charge on any atom is 0.329 e. The molecule has 0 bridgehead atoms. The molecule has 0 aliphatic rings. The van der Waals surface area contributed by atoms with Crippen molar-refractivity contribution in [3.63, 3.8) is 0 Å². The molecule has 27 heavy (non-hydrogen) atoms. The van der Waals surface area contributed by atoms with Gasteiger partial charge < -0.3 is 15.4 Å². The first-order valence-corrected chi connectivity index (χ1v) is 8.95. The standard InChI is InChI=1S/C19H25N3O5/c1-5-11(4)14(18(25)26)21-16(23)15(10(2)3)22-17(24)12-8-6-7-9-13(12)20-19(22)27/h6-11,14-15H,5H2,1-4H3,(H,20,27)(H,21,23)(H,25,26)/t11-,14+,15+/m1/s1. The smallest absolute Gasteiger partial charge is 0.329 e. The second-order valence-corrected chi connectivity index (χ2v) is 7.05. The molecule has 1 aromatic heterocycles. The molecule has 8 heteroatoms. The predicted molar refractivity (Wildman–Crippen MR) is 102 cm³/mol. The number of carbonyl (C=O) groups excluding carboxylic acids is 1. The highest BCUT2D eigenvalue weighted by Gasteiger charge is 2.33. The van der Waals surface area contributed by atoms with Gasteiger partial charge in [-0.1, -0.05) is 46.2 Å². The molecule has 3 N–H and O–H groups in total. The molecule has 146 valence electrons. The third-order valence-electron chi connectivity index (χ3n) is 4.79. The van der Waals surface area contributed by atoms with Gasteiger partial charge in [-0.05, 0) is 24.0 Å². The zero-order valence-electron chi connectivity index (χ0n) is 15.9. The van der Waals surface area contributed by atoms with E-state index >= 15 is 0 Å². The first-order chi connectivity index (χ1) is 12.7. The lowest BCUT2D eigenvalue weighted by Crippen LogP contribution is -2.52. The summed E-state index contributed by atoms with van der Waals surface area (Å²) in [5.41, 5.74) is -0.906. The lowest BCUT2D eigenvalue weighted by atomic mass is 9.97. The molecule has 0 unspecified atom stereocenters. The molecule has 8 nitrogen and oxygen atoms in total. The van der Waals surface area contributed by atoms with E-state index < -0.39 is 41.1 Å². The van der Waals surface area contributed by atoms with Gasteiger partial charge in [0, 0.05) is 0 Å². The van der Waals surface area contributed by atoms with Crippen molar-refractivity contribution in [1.82, 2.24) is 14.9 Å². The molecule has 0 aliphatic heterocycles. The number of hydrogen-bond donors (Lipinski definition) is 3. The number of carboxylic acids is 1. The van der Waals surface area contributed by atoms with E-state index in [9.17, 15) is 24.3 Å². The Morgan fingerprint density at radius 1 is 1.19 bits per heavy atom. The minimum Gasteiger partial charge on any atom is -0.480 e. The summed E-state index contributed by atoms with van der Waals surface area (Å²) < 4.78 is 0.873. The summed E-state index contributed by atoms with van der Waals surface area (Å²) in [6.07, 6.45) is 0.556. The lowest BCUT2D eigenvalue weighted by Gasteiger charge is -2.26. The fourth-order valence-corrected chi connectivity index (χ4v) is 3.07. The molecule has 1 heterocycles. The molecule has 0 aliphatic carbocycles. The van der Waals surface area contributed by atoms with Crippen LogP contribution in [0.5, 0.6) is 0 Å². The molecule has 1 aromatic carbocycles. The zero-order chi connectivity index (χ0) is 20.3. The van der Waals surface area contributed by atoms with Crippen molar-refractivity contribution < 1.29 is 14.7 Å². The molecule has 1 amide bonds. The molecule has 2 rings (SSSR count). The van der Waals surface area contributed by atoms with Gasteiger partial charge in [-0.15, -0.1) is 0 Å². The van der Waals surface area contributed by atoms with Gasteiger partial charge in [0.15, 0.2) is 0 Å². The van der Waals surface area contributed by atoms with Gasteiger partial charge in [-0.25, -0.2) is 14.2 Å². The van der Waals surface area contributed by atoms with Crippen molar-refractivity contribution in [2.45, 2.75) is 46.2 Å². The van der Waals surface area contributed by atoms with Crippen molar-refractivity contribution in [2.24, 2.45) is 11.8 Å². The van der Waals surface area contributed by atoms with Crippen molar-refractivity contribution in [3.05, 3.63) is 45.1 Å². The average molecular weight is 375 g/mol. The summed E-state index contributed by atoms with van der Waals surface area (Å²) in [6.45, 7) is 6.94. The predicted octanol–water partition coefficient (Wildman–Crippen LogP) is 1.50. The van der Waals surface area contributed by atoms with E-state index in [1.807, 2.05) is 6.92 Å². The van der Waals surface area contributed by atoms with Crippen LogP contribution in [-0.2, 0) is 9.59 Å². The van der Waals surface area contributed by atoms with Crippen LogP contribution in [-0.4, -0.2) is 32.6 Å². The van der Waals surface area contributed by atoms with Crippen LogP contribution < -0.4 is 16.6 Å². The Balaban J connectivity index is 2.54. The number of nitrogens with one attached hydrogen (secondary N) is 2. The van der Waals surface area contributed by atoms with Gasteiger partial charge in [-0.2, -0.15) is 0 Å². The summed E-state index contributed by atoms with van der Waals surface area (Å²) >= 11 is 0. The quantitative estimate of drug-likeness (QED) is 0.677. The van der Waals surface area contributed by atoms with E-state index in [1.165, 1.54) is 0 Å². The minimum atomic E-state index is -1.15. The van der Waals surface area contributed by atoms with Crippen LogP contribution in [0.3, 0.4) is 0 Å². The fraction of sp³-hybridized carbons (Fsp3) is 0.474. The molecular weight excluding hydrogens is 350 g/mol. The number of aliphatic carboxylic acids is 1. The van der Waals surface area contributed by atoms with Crippen molar-refractivity contribution in [1.29, 1.82) is 0 Å². The summed E-state index contributed by atoms with van der Waals surface area (Å²) in [7, 11) is 0. The van der Waals surface area contributed by atoms with Crippen molar-refractivity contribution in [2.75, 3.05) is 0 Å². The Hall–Kier alpha value is -2.90. The summed E-state index contributed by atoms with van der Waals surface area (Å²) in [5.74, 6) is -2.53.